The zero-order valence-corrected chi connectivity index (χ0v) is 13.9. The van der Waals surface area contributed by atoms with Gasteiger partial charge < -0.3 is 12.4 Å². The van der Waals surface area contributed by atoms with Crippen LogP contribution in [0, 0.1) is 5.92 Å². The zero-order chi connectivity index (χ0) is 12.9. The van der Waals surface area contributed by atoms with Gasteiger partial charge in [-0.3, -0.25) is 0 Å². The summed E-state index contributed by atoms with van der Waals surface area (Å²) < 4.78 is 0. The van der Waals surface area contributed by atoms with Crippen LogP contribution in [-0.4, -0.2) is 23.1 Å². The van der Waals surface area contributed by atoms with Crippen molar-refractivity contribution in [3.05, 3.63) is 114 Å². The van der Waals surface area contributed by atoms with Crippen molar-refractivity contribution in [3.8, 4) is 0 Å². The van der Waals surface area contributed by atoms with Crippen LogP contribution in [0.4, 0.5) is 0 Å². The molecule has 3 rings (SSSR count). The maximum absolute atomic E-state index is 2.16. The summed E-state index contributed by atoms with van der Waals surface area (Å²) in [6, 6.07) is 31.6. The van der Waals surface area contributed by atoms with E-state index in [4.69, 9.17) is 0 Å². The van der Waals surface area contributed by atoms with Crippen molar-refractivity contribution in [2.24, 2.45) is 0 Å². The van der Waals surface area contributed by atoms with E-state index in [1.807, 2.05) is 0 Å². The average molecular weight is 303 g/mol. The van der Waals surface area contributed by atoms with Gasteiger partial charge in [-0.05, 0) is 0 Å². The summed E-state index contributed by atoms with van der Waals surface area (Å²) in [5.74, 6) is 1.28. The maximum atomic E-state index is 2.16. The summed E-state index contributed by atoms with van der Waals surface area (Å²) in [7, 11) is 0. The van der Waals surface area contributed by atoms with Gasteiger partial charge in [0.25, 0.3) is 0 Å². The van der Waals surface area contributed by atoms with Crippen molar-refractivity contribution in [1.82, 2.24) is 0 Å². The van der Waals surface area contributed by atoms with Gasteiger partial charge in [-0.1, -0.05) is 114 Å². The van der Waals surface area contributed by atoms with Crippen LogP contribution in [0.1, 0.15) is 16.7 Å². The molecule has 0 nitrogen and oxygen atoms in total. The Bertz CT molecular complexity index is 530. The summed E-state index contributed by atoms with van der Waals surface area (Å²) in [6.07, 6.45) is 0. The summed E-state index contributed by atoms with van der Waals surface area (Å²) >= 11 is 0. The molecular formula is C19H15ClMg. The fourth-order valence-electron chi connectivity index (χ4n) is 2.31. The van der Waals surface area contributed by atoms with Crippen molar-refractivity contribution in [2.75, 3.05) is 0 Å². The monoisotopic (exact) mass is 302 g/mol. The Morgan fingerprint density at radius 2 is 0.667 bits per heavy atom. The summed E-state index contributed by atoms with van der Waals surface area (Å²) in [5, 5.41) is 0. The van der Waals surface area contributed by atoms with Crippen molar-refractivity contribution < 1.29 is 12.4 Å². The van der Waals surface area contributed by atoms with Crippen LogP contribution in [0.5, 0.6) is 0 Å². The molecule has 0 radical (unpaired) electrons. The molecule has 0 aliphatic rings. The summed E-state index contributed by atoms with van der Waals surface area (Å²) in [6.45, 7) is 0. The topological polar surface area (TPSA) is 0 Å². The van der Waals surface area contributed by atoms with Gasteiger partial charge in [-0.2, -0.15) is 0 Å². The Morgan fingerprint density at radius 3 is 0.905 bits per heavy atom. The Morgan fingerprint density at radius 1 is 0.429 bits per heavy atom. The van der Waals surface area contributed by atoms with Crippen LogP contribution in [-0.2, 0) is 0 Å². The minimum Gasteiger partial charge on any atom is -1.00 e. The van der Waals surface area contributed by atoms with Crippen molar-refractivity contribution in [2.45, 2.75) is 0 Å². The fraction of sp³-hybridized carbons (Fsp3) is 0. The van der Waals surface area contributed by atoms with E-state index in [-0.39, 0.29) is 35.5 Å². The maximum Gasteiger partial charge on any atom is 2.00 e. The van der Waals surface area contributed by atoms with Gasteiger partial charge in [-0.15, -0.1) is 0 Å². The predicted molar refractivity (Wildman–Crippen MR) is 85.6 cm³/mol. The SMILES string of the molecule is [Cl-].[Mg+2].c1ccc([C-](c2ccccc2)c2ccccc2)cc1. The number of benzene rings is 3. The van der Waals surface area contributed by atoms with Crippen molar-refractivity contribution in [1.29, 1.82) is 0 Å². The largest absolute Gasteiger partial charge is 2.00 e. The summed E-state index contributed by atoms with van der Waals surface area (Å²) in [4.78, 5) is 0. The predicted octanol–water partition coefficient (Wildman–Crippen LogP) is 1.33. The Labute approximate surface area is 148 Å². The molecule has 0 saturated heterocycles. The van der Waals surface area contributed by atoms with Crippen LogP contribution >= 0.6 is 0 Å². The standard InChI is InChI=1S/C19H15.ClH.Mg/c1-4-10-16(11-5-1)19(17-12-6-2-7-13-17)18-14-8-3-9-15-18;;/h1-15H;1H;/q-1;;+2/p-1. The second-order valence-corrected chi connectivity index (χ2v) is 4.47. The van der Waals surface area contributed by atoms with Gasteiger partial charge in [0.2, 0.25) is 0 Å². The van der Waals surface area contributed by atoms with Crippen LogP contribution in [0.2, 0.25) is 0 Å². The van der Waals surface area contributed by atoms with E-state index < -0.39 is 0 Å². The second-order valence-electron chi connectivity index (χ2n) is 4.47. The third kappa shape index (κ3) is 4.27. The zero-order valence-electron chi connectivity index (χ0n) is 11.7. The molecule has 0 aromatic heterocycles. The third-order valence-corrected chi connectivity index (χ3v) is 3.19. The Hall–Kier alpha value is -1.41. The molecule has 21 heavy (non-hydrogen) atoms. The van der Waals surface area contributed by atoms with Gasteiger partial charge in [0.05, 0.1) is 0 Å². The molecule has 0 heterocycles. The first kappa shape index (κ1) is 17.6. The van der Waals surface area contributed by atoms with Crippen LogP contribution in [0.15, 0.2) is 91.0 Å². The molecule has 0 atom stereocenters. The van der Waals surface area contributed by atoms with Gasteiger partial charge in [0.1, 0.15) is 0 Å². The number of rotatable bonds is 3. The molecule has 2 heteroatoms. The quantitative estimate of drug-likeness (QED) is 0.389. The molecular weight excluding hydrogens is 288 g/mol. The van der Waals surface area contributed by atoms with E-state index in [1.165, 1.54) is 22.6 Å². The first-order valence-electron chi connectivity index (χ1n) is 6.48. The molecule has 0 spiro atoms. The first-order chi connectivity index (χ1) is 9.45. The smallest absolute Gasteiger partial charge is 1.00 e. The molecule has 0 bridgehead atoms. The van der Waals surface area contributed by atoms with Crippen LogP contribution in [0.25, 0.3) is 0 Å². The van der Waals surface area contributed by atoms with Gasteiger partial charge >= 0.3 is 23.1 Å². The van der Waals surface area contributed by atoms with Crippen LogP contribution in [0.3, 0.4) is 0 Å². The minimum atomic E-state index is 0. The average Bonchev–Trinajstić information content (AvgIpc) is 2.51. The van der Waals surface area contributed by atoms with E-state index >= 15 is 0 Å². The van der Waals surface area contributed by atoms with Crippen LogP contribution < -0.4 is 12.4 Å². The van der Waals surface area contributed by atoms with Crippen molar-refractivity contribution in [3.63, 3.8) is 0 Å². The molecule has 0 aliphatic heterocycles. The van der Waals surface area contributed by atoms with Gasteiger partial charge in [0, 0.05) is 0 Å². The molecule has 0 N–H and O–H groups in total. The number of halogens is 1. The number of hydrogen-bond acceptors (Lipinski definition) is 0. The third-order valence-electron chi connectivity index (χ3n) is 3.19. The number of hydrogen-bond donors (Lipinski definition) is 0. The Kier molecular flexibility index (Phi) is 7.37. The normalized spacial score (nSPS) is 9.14. The molecule has 0 aliphatic carbocycles. The van der Waals surface area contributed by atoms with E-state index in [9.17, 15) is 0 Å². The molecule has 3 aromatic carbocycles. The first-order valence-corrected chi connectivity index (χ1v) is 6.48. The molecule has 0 amide bonds. The molecule has 3 aromatic rings. The van der Waals surface area contributed by atoms with Gasteiger partial charge in [-0.25, -0.2) is 0 Å². The van der Waals surface area contributed by atoms with E-state index in [0.717, 1.165) is 0 Å². The minimum absolute atomic E-state index is 0. The Balaban J connectivity index is 0.00000110. The van der Waals surface area contributed by atoms with E-state index in [0.29, 0.717) is 0 Å². The van der Waals surface area contributed by atoms with E-state index in [2.05, 4.69) is 91.0 Å². The molecule has 0 unspecified atom stereocenters. The molecule has 0 fully saturated rings. The molecule has 0 saturated carbocycles. The second kappa shape index (κ2) is 8.78. The summed E-state index contributed by atoms with van der Waals surface area (Å²) in [5.41, 5.74) is 3.75. The fourth-order valence-corrected chi connectivity index (χ4v) is 2.31. The van der Waals surface area contributed by atoms with Gasteiger partial charge in [0.15, 0.2) is 0 Å². The van der Waals surface area contributed by atoms with E-state index in [1.54, 1.807) is 0 Å². The molecule has 100 valence electrons. The van der Waals surface area contributed by atoms with Crippen molar-refractivity contribution >= 4 is 23.1 Å².